The predicted molar refractivity (Wildman–Crippen MR) is 114 cm³/mol. The lowest BCUT2D eigenvalue weighted by Gasteiger charge is -2.33. The fourth-order valence-corrected chi connectivity index (χ4v) is 3.47. The van der Waals surface area contributed by atoms with Crippen molar-refractivity contribution in [2.45, 2.75) is 55.4 Å². The Bertz CT molecular complexity index is 750. The summed E-state index contributed by atoms with van der Waals surface area (Å²) in [6.07, 6.45) is 2.47. The van der Waals surface area contributed by atoms with Crippen LogP contribution < -0.4 is 4.90 Å². The number of anilines is 1. The molecule has 25 heavy (non-hydrogen) atoms. The van der Waals surface area contributed by atoms with Crippen molar-refractivity contribution in [2.75, 3.05) is 18.0 Å². The van der Waals surface area contributed by atoms with Crippen molar-refractivity contribution >= 4 is 22.0 Å². The van der Waals surface area contributed by atoms with Crippen LogP contribution in [-0.2, 0) is 0 Å². The molecule has 1 nitrogen and oxygen atoms in total. The molecule has 0 heterocycles. The van der Waals surface area contributed by atoms with Crippen molar-refractivity contribution in [3.05, 3.63) is 48.0 Å². The summed E-state index contributed by atoms with van der Waals surface area (Å²) < 4.78 is 0. The second kappa shape index (κ2) is 7.23. The van der Waals surface area contributed by atoms with Gasteiger partial charge in [0.05, 0.1) is 0 Å². The van der Waals surface area contributed by atoms with Gasteiger partial charge in [-0.3, -0.25) is 0 Å². The zero-order valence-corrected chi connectivity index (χ0v) is 17.4. The maximum atomic E-state index is 2.48. The lowest BCUT2D eigenvalue weighted by atomic mass is 9.76. The first-order valence-electron chi connectivity index (χ1n) is 9.59. The molecular weight excluding hydrogens is 302 g/mol. The smallest absolute Gasteiger partial charge is 0.0449 e. The summed E-state index contributed by atoms with van der Waals surface area (Å²) in [5, 5.41) is 2.68. The summed E-state index contributed by atoms with van der Waals surface area (Å²) in [5.41, 5.74) is 4.43. The fourth-order valence-electron chi connectivity index (χ4n) is 3.47. The summed E-state index contributed by atoms with van der Waals surface area (Å²) in [6.45, 7) is 20.4. The summed E-state index contributed by atoms with van der Waals surface area (Å²) in [6, 6.07) is 13.4. The second-order valence-corrected chi connectivity index (χ2v) is 9.03. The molecule has 0 bridgehead atoms. The zero-order chi connectivity index (χ0) is 18.8. The first-order chi connectivity index (χ1) is 11.6. The Morgan fingerprint density at radius 2 is 1.48 bits per heavy atom. The summed E-state index contributed by atoms with van der Waals surface area (Å²) in [5.74, 6) is 0. The van der Waals surface area contributed by atoms with E-state index in [-0.39, 0.29) is 10.8 Å². The second-order valence-electron chi connectivity index (χ2n) is 9.03. The lowest BCUT2D eigenvalue weighted by molar-refractivity contribution is 0.517. The van der Waals surface area contributed by atoms with E-state index in [1.807, 2.05) is 0 Å². The van der Waals surface area contributed by atoms with Crippen molar-refractivity contribution in [1.29, 1.82) is 0 Å². The number of hydrogen-bond donors (Lipinski definition) is 0. The standard InChI is InChI=1S/C24H35N/c1-9-25(10-2)21-16-15-18-13-11-12-14-19(18)22(21)20(24(6,7)8)17-23(3,4)5/h11-17H,9-10H2,1-8H3/b20-17-. The first-order valence-corrected chi connectivity index (χ1v) is 9.59. The van der Waals surface area contributed by atoms with Gasteiger partial charge in [-0.15, -0.1) is 0 Å². The minimum atomic E-state index is 0.0826. The van der Waals surface area contributed by atoms with E-state index in [1.165, 1.54) is 27.6 Å². The third kappa shape index (κ3) is 4.45. The van der Waals surface area contributed by atoms with Gasteiger partial charge in [-0.2, -0.15) is 0 Å². The maximum absolute atomic E-state index is 2.48. The molecular formula is C24H35N. The maximum Gasteiger partial charge on any atom is 0.0449 e. The van der Waals surface area contributed by atoms with Crippen LogP contribution in [0.25, 0.3) is 16.3 Å². The average Bonchev–Trinajstić information content (AvgIpc) is 2.52. The van der Waals surface area contributed by atoms with Crippen LogP contribution in [0, 0.1) is 10.8 Å². The van der Waals surface area contributed by atoms with E-state index >= 15 is 0 Å². The molecule has 0 aliphatic carbocycles. The van der Waals surface area contributed by atoms with E-state index in [2.05, 4.69) is 103 Å². The third-order valence-corrected chi connectivity index (χ3v) is 4.67. The van der Waals surface area contributed by atoms with Gasteiger partial charge in [-0.25, -0.2) is 0 Å². The van der Waals surface area contributed by atoms with Gasteiger partial charge in [0.15, 0.2) is 0 Å². The minimum absolute atomic E-state index is 0.0826. The van der Waals surface area contributed by atoms with Crippen LogP contribution in [-0.4, -0.2) is 13.1 Å². The molecule has 136 valence electrons. The highest BCUT2D eigenvalue weighted by Crippen LogP contribution is 2.44. The van der Waals surface area contributed by atoms with Gasteiger partial charge in [0.25, 0.3) is 0 Å². The Morgan fingerprint density at radius 3 is 2.00 bits per heavy atom. The molecule has 0 unspecified atom stereocenters. The molecule has 0 spiro atoms. The van der Waals surface area contributed by atoms with Crippen LogP contribution >= 0.6 is 0 Å². The van der Waals surface area contributed by atoms with Gasteiger partial charge in [0.1, 0.15) is 0 Å². The SMILES string of the molecule is CCN(CC)c1ccc2ccccc2c1/C(=C/C(C)(C)C)C(C)(C)C. The molecule has 2 aromatic carbocycles. The Labute approximate surface area is 154 Å². The van der Waals surface area contributed by atoms with E-state index in [9.17, 15) is 0 Å². The number of rotatable bonds is 4. The van der Waals surface area contributed by atoms with Gasteiger partial charge in [0.2, 0.25) is 0 Å². The molecule has 2 rings (SSSR count). The lowest BCUT2D eigenvalue weighted by Crippen LogP contribution is -2.24. The Balaban J connectivity index is 2.92. The highest BCUT2D eigenvalue weighted by atomic mass is 15.1. The molecule has 0 saturated carbocycles. The molecule has 0 atom stereocenters. The minimum Gasteiger partial charge on any atom is -0.372 e. The molecule has 2 aromatic rings. The van der Waals surface area contributed by atoms with Crippen molar-refractivity contribution in [3.8, 4) is 0 Å². The molecule has 0 amide bonds. The van der Waals surface area contributed by atoms with Gasteiger partial charge in [-0.05, 0) is 47.1 Å². The van der Waals surface area contributed by atoms with E-state index in [1.54, 1.807) is 0 Å². The molecule has 0 saturated heterocycles. The van der Waals surface area contributed by atoms with Gasteiger partial charge in [0, 0.05) is 24.3 Å². The van der Waals surface area contributed by atoms with Crippen LogP contribution in [0.4, 0.5) is 5.69 Å². The van der Waals surface area contributed by atoms with E-state index in [0.29, 0.717) is 0 Å². The number of nitrogens with zero attached hydrogens (tertiary/aromatic N) is 1. The van der Waals surface area contributed by atoms with Gasteiger partial charge < -0.3 is 4.90 Å². The molecule has 0 fully saturated rings. The highest BCUT2D eigenvalue weighted by Gasteiger charge is 2.26. The van der Waals surface area contributed by atoms with Crippen LogP contribution in [0.1, 0.15) is 61.0 Å². The van der Waals surface area contributed by atoms with Crippen LogP contribution in [0.3, 0.4) is 0 Å². The Hall–Kier alpha value is -1.76. The quantitative estimate of drug-likeness (QED) is 0.572. The number of fused-ring (bicyclic) bond motifs is 1. The number of benzene rings is 2. The summed E-state index contributed by atoms with van der Waals surface area (Å²) in [4.78, 5) is 2.48. The monoisotopic (exact) mass is 337 g/mol. The van der Waals surface area contributed by atoms with Crippen molar-refractivity contribution in [3.63, 3.8) is 0 Å². The molecule has 0 aromatic heterocycles. The van der Waals surface area contributed by atoms with Gasteiger partial charge in [-0.1, -0.05) is 78.0 Å². The fraction of sp³-hybridized carbons (Fsp3) is 0.500. The predicted octanol–water partition coefficient (Wildman–Crippen LogP) is 7.16. The first kappa shape index (κ1) is 19.6. The topological polar surface area (TPSA) is 3.24 Å². The molecule has 1 heteroatoms. The van der Waals surface area contributed by atoms with Crippen LogP contribution in [0.15, 0.2) is 42.5 Å². The Morgan fingerprint density at radius 1 is 0.880 bits per heavy atom. The summed E-state index contributed by atoms with van der Waals surface area (Å²) in [7, 11) is 0. The molecule has 0 radical (unpaired) electrons. The van der Waals surface area contributed by atoms with Crippen molar-refractivity contribution in [2.24, 2.45) is 10.8 Å². The number of allylic oxidation sites excluding steroid dienone is 2. The average molecular weight is 338 g/mol. The van der Waals surface area contributed by atoms with Crippen LogP contribution in [0.5, 0.6) is 0 Å². The Kier molecular flexibility index (Phi) is 5.66. The third-order valence-electron chi connectivity index (χ3n) is 4.67. The number of hydrogen-bond acceptors (Lipinski definition) is 1. The van der Waals surface area contributed by atoms with Crippen molar-refractivity contribution in [1.82, 2.24) is 0 Å². The largest absolute Gasteiger partial charge is 0.372 e. The molecule has 0 N–H and O–H groups in total. The molecule has 0 aliphatic rings. The van der Waals surface area contributed by atoms with Crippen molar-refractivity contribution < 1.29 is 0 Å². The van der Waals surface area contributed by atoms with Crippen LogP contribution in [0.2, 0.25) is 0 Å². The van der Waals surface area contributed by atoms with E-state index in [4.69, 9.17) is 0 Å². The highest BCUT2D eigenvalue weighted by molar-refractivity contribution is 6.00. The molecule has 0 aliphatic heterocycles. The normalized spacial score (nSPS) is 13.4. The van der Waals surface area contributed by atoms with E-state index in [0.717, 1.165) is 13.1 Å². The zero-order valence-electron chi connectivity index (χ0n) is 17.4. The van der Waals surface area contributed by atoms with E-state index < -0.39 is 0 Å². The van der Waals surface area contributed by atoms with Gasteiger partial charge >= 0.3 is 0 Å². The summed E-state index contributed by atoms with van der Waals surface area (Å²) >= 11 is 0.